The first kappa shape index (κ1) is 21.6. The molecule has 1 fully saturated rings. The topological polar surface area (TPSA) is 80.5 Å². The van der Waals surface area contributed by atoms with Gasteiger partial charge in [0.25, 0.3) is 5.91 Å². The molecule has 0 bridgehead atoms. The third-order valence-corrected chi connectivity index (χ3v) is 7.70. The van der Waals surface area contributed by atoms with E-state index >= 15 is 0 Å². The number of amides is 1. The highest BCUT2D eigenvalue weighted by Crippen LogP contribution is 2.26. The standard InChI is InChI=1S/C23H23ClN2O4S/c1-15-3-6-18(11-16(15)2)22-12-21(25-30-22)23(27)26(20-9-10-31(28,29)14-20)13-17-4-7-19(24)8-5-17/h3-8,11-12,20H,9-10,13-14H2,1-2H3/t20-/m0/s1. The van der Waals surface area contributed by atoms with Gasteiger partial charge in [-0.25, -0.2) is 8.42 Å². The molecule has 1 saturated heterocycles. The van der Waals surface area contributed by atoms with E-state index in [9.17, 15) is 13.2 Å². The first-order chi connectivity index (χ1) is 14.7. The summed E-state index contributed by atoms with van der Waals surface area (Å²) >= 11 is 5.97. The highest BCUT2D eigenvalue weighted by atomic mass is 35.5. The average molecular weight is 459 g/mol. The summed E-state index contributed by atoms with van der Waals surface area (Å²) < 4.78 is 29.6. The Morgan fingerprint density at radius 1 is 1.13 bits per heavy atom. The van der Waals surface area contributed by atoms with Gasteiger partial charge >= 0.3 is 0 Å². The maximum absolute atomic E-state index is 13.4. The summed E-state index contributed by atoms with van der Waals surface area (Å²) in [5.41, 5.74) is 4.13. The second-order valence-electron chi connectivity index (χ2n) is 7.99. The summed E-state index contributed by atoms with van der Waals surface area (Å²) in [6, 6.07) is 14.3. The molecule has 8 heteroatoms. The van der Waals surface area contributed by atoms with Gasteiger partial charge in [0, 0.05) is 29.2 Å². The van der Waals surface area contributed by atoms with Crippen LogP contribution in [0.2, 0.25) is 5.02 Å². The van der Waals surface area contributed by atoms with E-state index in [1.165, 1.54) is 0 Å². The van der Waals surface area contributed by atoms with E-state index in [4.69, 9.17) is 16.1 Å². The van der Waals surface area contributed by atoms with Crippen LogP contribution in [0, 0.1) is 13.8 Å². The predicted molar refractivity (Wildman–Crippen MR) is 120 cm³/mol. The molecule has 1 aromatic heterocycles. The highest BCUT2D eigenvalue weighted by molar-refractivity contribution is 7.91. The summed E-state index contributed by atoms with van der Waals surface area (Å²) in [5.74, 6) is 0.177. The summed E-state index contributed by atoms with van der Waals surface area (Å²) in [5, 5.41) is 4.59. The first-order valence-electron chi connectivity index (χ1n) is 10.0. The minimum atomic E-state index is -3.16. The van der Waals surface area contributed by atoms with Crippen LogP contribution in [-0.4, -0.2) is 41.9 Å². The number of sulfone groups is 1. The van der Waals surface area contributed by atoms with Crippen molar-refractivity contribution in [1.29, 1.82) is 0 Å². The van der Waals surface area contributed by atoms with Gasteiger partial charge in [0.05, 0.1) is 11.5 Å². The molecule has 1 amide bonds. The zero-order valence-electron chi connectivity index (χ0n) is 17.3. The van der Waals surface area contributed by atoms with E-state index in [0.29, 0.717) is 17.2 Å². The van der Waals surface area contributed by atoms with Crippen molar-refractivity contribution in [3.8, 4) is 11.3 Å². The Bertz CT molecular complexity index is 1220. The van der Waals surface area contributed by atoms with Crippen LogP contribution < -0.4 is 0 Å². The van der Waals surface area contributed by atoms with Crippen molar-refractivity contribution in [2.75, 3.05) is 11.5 Å². The Balaban J connectivity index is 1.63. The molecule has 0 spiro atoms. The van der Waals surface area contributed by atoms with E-state index in [2.05, 4.69) is 5.16 Å². The minimum Gasteiger partial charge on any atom is -0.355 e. The van der Waals surface area contributed by atoms with Gasteiger partial charge in [-0.1, -0.05) is 41.0 Å². The number of halogens is 1. The Labute approximate surface area is 186 Å². The molecule has 0 radical (unpaired) electrons. The number of benzene rings is 2. The first-order valence-corrected chi connectivity index (χ1v) is 12.2. The number of aromatic nitrogens is 1. The second-order valence-corrected chi connectivity index (χ2v) is 10.7. The highest BCUT2D eigenvalue weighted by Gasteiger charge is 2.36. The number of rotatable bonds is 5. The number of hydrogen-bond acceptors (Lipinski definition) is 5. The van der Waals surface area contributed by atoms with Crippen molar-refractivity contribution in [1.82, 2.24) is 10.1 Å². The van der Waals surface area contributed by atoms with E-state index in [1.54, 1.807) is 23.1 Å². The van der Waals surface area contributed by atoms with Gasteiger partial charge in [0.15, 0.2) is 21.3 Å². The molecule has 0 N–H and O–H groups in total. The molecule has 2 heterocycles. The SMILES string of the molecule is Cc1ccc(-c2cc(C(=O)N(Cc3ccc(Cl)cc3)[C@H]3CCS(=O)(=O)C3)no2)cc1C. The molecule has 31 heavy (non-hydrogen) atoms. The molecule has 1 aliphatic rings. The number of carbonyl (C=O) groups excluding carboxylic acids is 1. The number of hydrogen-bond donors (Lipinski definition) is 0. The van der Waals surface area contributed by atoms with Crippen LogP contribution in [0.4, 0.5) is 0 Å². The van der Waals surface area contributed by atoms with Crippen LogP contribution in [0.5, 0.6) is 0 Å². The summed E-state index contributed by atoms with van der Waals surface area (Å²) in [6.45, 7) is 4.30. The number of nitrogens with zero attached hydrogens (tertiary/aromatic N) is 2. The van der Waals surface area contributed by atoms with Crippen molar-refractivity contribution in [2.45, 2.75) is 32.9 Å². The molecule has 0 aliphatic carbocycles. The molecule has 2 aromatic carbocycles. The van der Waals surface area contributed by atoms with Gasteiger partial charge in [0.1, 0.15) is 0 Å². The van der Waals surface area contributed by atoms with Gasteiger partial charge in [0.2, 0.25) is 0 Å². The van der Waals surface area contributed by atoms with E-state index in [1.807, 2.05) is 44.2 Å². The second kappa shape index (κ2) is 8.48. The Morgan fingerprint density at radius 3 is 2.52 bits per heavy atom. The fourth-order valence-corrected chi connectivity index (χ4v) is 5.59. The predicted octanol–water partition coefficient (Wildman–Crippen LogP) is 4.44. The molecule has 162 valence electrons. The van der Waals surface area contributed by atoms with Crippen molar-refractivity contribution in [3.63, 3.8) is 0 Å². The van der Waals surface area contributed by atoms with Gasteiger partial charge < -0.3 is 9.42 Å². The molecule has 6 nitrogen and oxygen atoms in total. The lowest BCUT2D eigenvalue weighted by Gasteiger charge is -2.27. The average Bonchev–Trinajstić information content (AvgIpc) is 3.36. The van der Waals surface area contributed by atoms with Crippen LogP contribution in [0.25, 0.3) is 11.3 Å². The van der Waals surface area contributed by atoms with Crippen LogP contribution in [-0.2, 0) is 16.4 Å². The molecule has 4 rings (SSSR count). The lowest BCUT2D eigenvalue weighted by Crippen LogP contribution is -2.40. The minimum absolute atomic E-state index is 0.0474. The summed E-state index contributed by atoms with van der Waals surface area (Å²) in [4.78, 5) is 14.9. The van der Waals surface area contributed by atoms with Crippen LogP contribution in [0.15, 0.2) is 53.1 Å². The van der Waals surface area contributed by atoms with Crippen molar-refractivity contribution in [3.05, 3.63) is 75.9 Å². The molecule has 1 atom stereocenters. The lowest BCUT2D eigenvalue weighted by atomic mass is 10.0. The Kier molecular flexibility index (Phi) is 5.90. The number of aryl methyl sites for hydroxylation is 2. The Morgan fingerprint density at radius 2 is 1.87 bits per heavy atom. The zero-order chi connectivity index (χ0) is 22.2. The smallest absolute Gasteiger partial charge is 0.276 e. The molecular weight excluding hydrogens is 436 g/mol. The lowest BCUT2D eigenvalue weighted by molar-refractivity contribution is 0.0670. The fourth-order valence-electron chi connectivity index (χ4n) is 3.73. The van der Waals surface area contributed by atoms with Crippen molar-refractivity contribution < 1.29 is 17.7 Å². The van der Waals surface area contributed by atoms with E-state index in [-0.39, 0.29) is 29.7 Å². The molecule has 0 unspecified atom stereocenters. The van der Waals surface area contributed by atoms with Gasteiger partial charge in [-0.05, 0) is 55.2 Å². The van der Waals surface area contributed by atoms with Crippen molar-refractivity contribution >= 4 is 27.3 Å². The largest absolute Gasteiger partial charge is 0.355 e. The quantitative estimate of drug-likeness (QED) is 0.564. The maximum Gasteiger partial charge on any atom is 0.276 e. The van der Waals surface area contributed by atoms with Gasteiger partial charge in [-0.15, -0.1) is 0 Å². The van der Waals surface area contributed by atoms with Crippen LogP contribution in [0.1, 0.15) is 33.6 Å². The van der Waals surface area contributed by atoms with Crippen molar-refractivity contribution in [2.24, 2.45) is 0 Å². The fraction of sp³-hybridized carbons (Fsp3) is 0.304. The summed E-state index contributed by atoms with van der Waals surface area (Å²) in [7, 11) is -3.16. The molecule has 1 aliphatic heterocycles. The van der Waals surface area contributed by atoms with E-state index in [0.717, 1.165) is 22.3 Å². The maximum atomic E-state index is 13.4. The molecular formula is C23H23ClN2O4S. The molecule has 0 saturated carbocycles. The molecule has 3 aromatic rings. The summed E-state index contributed by atoms with van der Waals surface area (Å²) in [6.07, 6.45) is 0.406. The zero-order valence-corrected chi connectivity index (χ0v) is 18.9. The third kappa shape index (κ3) is 4.83. The van der Waals surface area contributed by atoms with Crippen LogP contribution in [0.3, 0.4) is 0 Å². The normalized spacial score (nSPS) is 17.6. The third-order valence-electron chi connectivity index (χ3n) is 5.70. The van der Waals surface area contributed by atoms with Gasteiger partial charge in [-0.3, -0.25) is 4.79 Å². The van der Waals surface area contributed by atoms with Crippen LogP contribution >= 0.6 is 11.6 Å². The monoisotopic (exact) mass is 458 g/mol. The number of carbonyl (C=O) groups is 1. The van der Waals surface area contributed by atoms with E-state index < -0.39 is 15.9 Å². The van der Waals surface area contributed by atoms with Gasteiger partial charge in [-0.2, -0.15) is 0 Å². The Hall–Kier alpha value is -2.64.